The predicted molar refractivity (Wildman–Crippen MR) is 158 cm³/mol. The summed E-state index contributed by atoms with van der Waals surface area (Å²) < 4.78 is 34.0. The molecule has 1 N–H and O–H groups in total. The number of methoxy groups -OCH3 is 1. The fourth-order valence-electron chi connectivity index (χ4n) is 4.21. The van der Waals surface area contributed by atoms with Gasteiger partial charge in [0, 0.05) is 18.1 Å². The smallest absolute Gasteiger partial charge is 0.264 e. The second kappa shape index (κ2) is 14.7. The maximum atomic E-state index is 14.0. The highest BCUT2D eigenvalue weighted by Gasteiger charge is 2.33. The molecule has 0 aliphatic carbocycles. The number of unbranched alkanes of at least 4 members (excludes halogenated alkanes) is 1. The van der Waals surface area contributed by atoms with Crippen molar-refractivity contribution in [3.05, 3.63) is 89.4 Å². The van der Waals surface area contributed by atoms with E-state index in [1.54, 1.807) is 66.7 Å². The molecule has 3 aromatic carbocycles. The first kappa shape index (κ1) is 31.0. The maximum absolute atomic E-state index is 14.0. The van der Waals surface area contributed by atoms with E-state index >= 15 is 0 Å². The molecule has 8 nitrogen and oxygen atoms in total. The quantitative estimate of drug-likeness (QED) is 0.260. The van der Waals surface area contributed by atoms with Crippen molar-refractivity contribution in [2.75, 3.05) is 24.5 Å². The standard InChI is InChI=1S/C30H36ClN3O5S/c1-4-6-20-32-30(36)28(5-2)33(21-23-12-14-24(31)15-13-23)29(35)22-34(25-10-8-7-9-11-25)40(37,38)27-18-16-26(39-3)17-19-27/h7-19,28H,4-6,20-22H2,1-3H3,(H,32,36)/t28-/m1/s1. The van der Waals surface area contributed by atoms with E-state index in [1.807, 2.05) is 13.8 Å². The second-order valence-corrected chi connectivity index (χ2v) is 11.5. The zero-order valence-corrected chi connectivity index (χ0v) is 24.6. The summed E-state index contributed by atoms with van der Waals surface area (Å²) in [5.74, 6) is -0.272. The van der Waals surface area contributed by atoms with Gasteiger partial charge in [0.2, 0.25) is 11.8 Å². The first-order chi connectivity index (χ1) is 19.2. The van der Waals surface area contributed by atoms with Crippen molar-refractivity contribution in [3.8, 4) is 5.75 Å². The van der Waals surface area contributed by atoms with Gasteiger partial charge in [0.25, 0.3) is 10.0 Å². The van der Waals surface area contributed by atoms with Crippen LogP contribution in [-0.2, 0) is 26.2 Å². The van der Waals surface area contributed by atoms with Crippen LogP contribution in [0, 0.1) is 0 Å². The molecule has 0 aliphatic heterocycles. The van der Waals surface area contributed by atoms with Crippen molar-refractivity contribution in [1.29, 1.82) is 0 Å². The molecule has 2 amide bonds. The van der Waals surface area contributed by atoms with Gasteiger partial charge in [0.05, 0.1) is 17.7 Å². The molecule has 0 saturated carbocycles. The fourth-order valence-corrected chi connectivity index (χ4v) is 5.75. The van der Waals surface area contributed by atoms with Gasteiger partial charge in [-0.05, 0) is 66.9 Å². The van der Waals surface area contributed by atoms with Gasteiger partial charge in [-0.1, -0.05) is 62.2 Å². The lowest BCUT2D eigenvalue weighted by atomic mass is 10.1. The molecule has 0 aliphatic rings. The number of anilines is 1. The number of nitrogens with one attached hydrogen (secondary N) is 1. The normalized spacial score (nSPS) is 11.9. The zero-order valence-electron chi connectivity index (χ0n) is 23.0. The number of benzene rings is 3. The molecular formula is C30H36ClN3O5S. The Kier molecular flexibility index (Phi) is 11.4. The maximum Gasteiger partial charge on any atom is 0.264 e. The van der Waals surface area contributed by atoms with Crippen LogP contribution in [0.15, 0.2) is 83.8 Å². The van der Waals surface area contributed by atoms with E-state index in [-0.39, 0.29) is 17.3 Å². The summed E-state index contributed by atoms with van der Waals surface area (Å²) in [7, 11) is -2.65. The van der Waals surface area contributed by atoms with Crippen LogP contribution in [0.25, 0.3) is 0 Å². The lowest BCUT2D eigenvalue weighted by Gasteiger charge is -2.33. The molecule has 10 heteroatoms. The minimum atomic E-state index is -4.14. The summed E-state index contributed by atoms with van der Waals surface area (Å²) in [4.78, 5) is 28.7. The first-order valence-corrected chi connectivity index (χ1v) is 15.1. The van der Waals surface area contributed by atoms with Gasteiger partial charge in [0.15, 0.2) is 0 Å². The fraction of sp³-hybridized carbons (Fsp3) is 0.333. The number of nitrogens with zero attached hydrogens (tertiary/aromatic N) is 2. The van der Waals surface area contributed by atoms with Crippen LogP contribution in [0.4, 0.5) is 5.69 Å². The molecular weight excluding hydrogens is 550 g/mol. The number of halogens is 1. The van der Waals surface area contributed by atoms with Crippen LogP contribution in [0.3, 0.4) is 0 Å². The molecule has 0 fully saturated rings. The first-order valence-electron chi connectivity index (χ1n) is 13.2. The van der Waals surface area contributed by atoms with Crippen molar-refractivity contribution < 1.29 is 22.7 Å². The molecule has 0 aromatic heterocycles. The van der Waals surface area contributed by atoms with E-state index in [0.29, 0.717) is 29.4 Å². The van der Waals surface area contributed by atoms with Gasteiger partial charge in [-0.2, -0.15) is 0 Å². The third kappa shape index (κ3) is 7.99. The molecule has 0 heterocycles. The van der Waals surface area contributed by atoms with Crippen molar-refractivity contribution in [3.63, 3.8) is 0 Å². The minimum Gasteiger partial charge on any atom is -0.497 e. The van der Waals surface area contributed by atoms with E-state index in [9.17, 15) is 18.0 Å². The van der Waals surface area contributed by atoms with Gasteiger partial charge >= 0.3 is 0 Å². The average molecular weight is 586 g/mol. The molecule has 0 bridgehead atoms. The largest absolute Gasteiger partial charge is 0.497 e. The lowest BCUT2D eigenvalue weighted by Crippen LogP contribution is -2.52. The Morgan fingerprint density at radius 2 is 1.60 bits per heavy atom. The van der Waals surface area contributed by atoms with E-state index in [1.165, 1.54) is 24.1 Å². The molecule has 0 spiro atoms. The number of para-hydroxylation sites is 1. The topological polar surface area (TPSA) is 96.0 Å². The predicted octanol–water partition coefficient (Wildman–Crippen LogP) is 5.27. The molecule has 40 heavy (non-hydrogen) atoms. The van der Waals surface area contributed by atoms with E-state index in [2.05, 4.69) is 5.32 Å². The minimum absolute atomic E-state index is 0.0126. The molecule has 214 valence electrons. The van der Waals surface area contributed by atoms with Gasteiger partial charge in [-0.3, -0.25) is 13.9 Å². The third-order valence-electron chi connectivity index (χ3n) is 6.45. The number of carbonyl (C=O) groups is 2. The highest BCUT2D eigenvalue weighted by molar-refractivity contribution is 7.92. The molecule has 0 unspecified atom stereocenters. The van der Waals surface area contributed by atoms with Crippen molar-refractivity contribution in [2.24, 2.45) is 0 Å². The summed E-state index contributed by atoms with van der Waals surface area (Å²) in [5.41, 5.74) is 1.10. The van der Waals surface area contributed by atoms with E-state index in [4.69, 9.17) is 16.3 Å². The number of hydrogen-bond donors (Lipinski definition) is 1. The Hall–Kier alpha value is -3.56. The second-order valence-electron chi connectivity index (χ2n) is 9.24. The van der Waals surface area contributed by atoms with Crippen molar-refractivity contribution >= 4 is 39.1 Å². The highest BCUT2D eigenvalue weighted by Crippen LogP contribution is 2.26. The average Bonchev–Trinajstić information content (AvgIpc) is 2.97. The molecule has 1 atom stereocenters. The summed E-state index contributed by atoms with van der Waals surface area (Å²) in [6.45, 7) is 3.97. The number of hydrogen-bond acceptors (Lipinski definition) is 5. The van der Waals surface area contributed by atoms with Crippen LogP contribution in [0.5, 0.6) is 5.75 Å². The number of ether oxygens (including phenoxy) is 1. The van der Waals surface area contributed by atoms with Crippen LogP contribution >= 0.6 is 11.6 Å². The molecule has 0 saturated heterocycles. The Morgan fingerprint density at radius 3 is 2.17 bits per heavy atom. The van der Waals surface area contributed by atoms with Crippen LogP contribution < -0.4 is 14.4 Å². The molecule has 3 rings (SSSR count). The monoisotopic (exact) mass is 585 g/mol. The van der Waals surface area contributed by atoms with Crippen molar-refractivity contribution in [2.45, 2.75) is 50.6 Å². The Labute approximate surface area is 241 Å². The van der Waals surface area contributed by atoms with Gasteiger partial charge in [0.1, 0.15) is 18.3 Å². The van der Waals surface area contributed by atoms with Crippen LogP contribution in [0.2, 0.25) is 5.02 Å². The number of amides is 2. The van der Waals surface area contributed by atoms with Crippen molar-refractivity contribution in [1.82, 2.24) is 10.2 Å². The number of rotatable bonds is 14. The zero-order chi connectivity index (χ0) is 29.1. The summed E-state index contributed by atoms with van der Waals surface area (Å²) in [5, 5.41) is 3.47. The summed E-state index contributed by atoms with van der Waals surface area (Å²) in [6, 6.07) is 20.6. The molecule has 3 aromatic rings. The Balaban J connectivity index is 2.00. The Bertz CT molecular complexity index is 1350. The van der Waals surface area contributed by atoms with Crippen LogP contribution in [0.1, 0.15) is 38.7 Å². The van der Waals surface area contributed by atoms with Gasteiger partial charge < -0.3 is 15.0 Å². The lowest BCUT2D eigenvalue weighted by molar-refractivity contribution is -0.140. The number of carbonyl (C=O) groups excluding carboxylic acids is 2. The summed E-state index contributed by atoms with van der Waals surface area (Å²) in [6.07, 6.45) is 2.09. The van der Waals surface area contributed by atoms with Gasteiger partial charge in [-0.15, -0.1) is 0 Å². The highest BCUT2D eigenvalue weighted by atomic mass is 35.5. The molecule has 0 radical (unpaired) electrons. The Morgan fingerprint density at radius 1 is 0.950 bits per heavy atom. The number of sulfonamides is 1. The van der Waals surface area contributed by atoms with E-state index in [0.717, 1.165) is 22.7 Å². The van der Waals surface area contributed by atoms with Gasteiger partial charge in [-0.25, -0.2) is 8.42 Å². The SMILES string of the molecule is CCCCNC(=O)[C@@H](CC)N(Cc1ccc(Cl)cc1)C(=O)CN(c1ccccc1)S(=O)(=O)c1ccc(OC)cc1. The summed E-state index contributed by atoms with van der Waals surface area (Å²) >= 11 is 6.06. The van der Waals surface area contributed by atoms with E-state index < -0.39 is 28.5 Å². The van der Waals surface area contributed by atoms with Crippen LogP contribution in [-0.4, -0.2) is 51.4 Å². The third-order valence-corrected chi connectivity index (χ3v) is 8.49.